The molecule has 2 N–H and O–H groups in total. The fourth-order valence-corrected chi connectivity index (χ4v) is 2.49. The number of rotatable bonds is 6. The average molecular weight is 391 g/mol. The number of aromatic nitrogens is 2. The van der Waals surface area contributed by atoms with Crippen LogP contribution in [0.2, 0.25) is 0 Å². The molecule has 0 radical (unpaired) electrons. The van der Waals surface area contributed by atoms with Gasteiger partial charge < -0.3 is 15.1 Å². The number of allylic oxidation sites excluding steroid dienone is 4. The lowest BCUT2D eigenvalue weighted by atomic mass is 10.2. The molecule has 0 amide bonds. The monoisotopic (exact) mass is 391 g/mol. The van der Waals surface area contributed by atoms with Gasteiger partial charge in [0.15, 0.2) is 0 Å². The van der Waals surface area contributed by atoms with E-state index in [1.165, 1.54) is 26.8 Å². The number of carbonyl (C=O) groups is 1. The Morgan fingerprint density at radius 1 is 1.35 bits per heavy atom. The van der Waals surface area contributed by atoms with Gasteiger partial charge in [0.25, 0.3) is 0 Å². The first kappa shape index (κ1) is 24.1. The van der Waals surface area contributed by atoms with E-state index in [0.29, 0.717) is 5.57 Å². The Bertz CT molecular complexity index is 621. The standard InChI is InChI=1S/C14H15F3N2OS.C2H4O.CH5N/c1-3-10(5-4-9(2)8-21-11-6-7-11)12-18-13(20-19-12)14(15,16)17;1-2-3;1-2/h3-5,11H,2,6-8H2,1H3;2H,1H3;2H2,1H3/b5-4-,10-3+;;. The van der Waals surface area contributed by atoms with Gasteiger partial charge in [-0.2, -0.15) is 29.9 Å². The summed E-state index contributed by atoms with van der Waals surface area (Å²) in [5.74, 6) is -0.602. The van der Waals surface area contributed by atoms with E-state index in [-0.39, 0.29) is 5.82 Å². The molecule has 5 nitrogen and oxygen atoms in total. The number of thioether (sulfide) groups is 1. The number of aldehydes is 1. The lowest BCUT2D eigenvalue weighted by Gasteiger charge is -1.99. The minimum atomic E-state index is -4.63. The molecule has 0 spiro atoms. The molecule has 1 aromatic rings. The van der Waals surface area contributed by atoms with Gasteiger partial charge in [-0.3, -0.25) is 0 Å². The summed E-state index contributed by atoms with van der Waals surface area (Å²) in [4.78, 5) is 12.2. The minimum absolute atomic E-state index is 0.0799. The topological polar surface area (TPSA) is 82.0 Å². The fourth-order valence-electron chi connectivity index (χ4n) is 1.47. The van der Waals surface area contributed by atoms with Crippen LogP contribution in [-0.2, 0) is 11.0 Å². The summed E-state index contributed by atoms with van der Waals surface area (Å²) in [6.07, 6.45) is 3.69. The van der Waals surface area contributed by atoms with E-state index in [0.717, 1.165) is 22.9 Å². The lowest BCUT2D eigenvalue weighted by Crippen LogP contribution is -2.05. The molecule has 26 heavy (non-hydrogen) atoms. The van der Waals surface area contributed by atoms with Gasteiger partial charge in [0.1, 0.15) is 6.29 Å². The maximum Gasteiger partial charge on any atom is 0.471 e. The van der Waals surface area contributed by atoms with Crippen LogP contribution < -0.4 is 5.73 Å². The summed E-state index contributed by atoms with van der Waals surface area (Å²) >= 11 is 1.84. The number of halogens is 3. The highest BCUT2D eigenvalue weighted by Gasteiger charge is 2.38. The smallest absolute Gasteiger partial charge is 0.333 e. The molecule has 1 aliphatic carbocycles. The molecule has 1 aliphatic rings. The lowest BCUT2D eigenvalue weighted by molar-refractivity contribution is -0.159. The highest BCUT2D eigenvalue weighted by Crippen LogP contribution is 2.35. The fraction of sp³-hybridized carbons (Fsp3) is 0.471. The summed E-state index contributed by atoms with van der Waals surface area (Å²) in [5, 5.41) is 4.09. The summed E-state index contributed by atoms with van der Waals surface area (Å²) in [6, 6.07) is 0. The molecule has 146 valence electrons. The van der Waals surface area contributed by atoms with Crippen molar-refractivity contribution in [1.82, 2.24) is 10.1 Å². The molecule has 9 heteroatoms. The molecule has 1 aromatic heterocycles. The molecule has 0 bridgehead atoms. The van der Waals surface area contributed by atoms with Gasteiger partial charge in [-0.05, 0) is 39.3 Å². The van der Waals surface area contributed by atoms with Gasteiger partial charge in [-0.15, -0.1) is 0 Å². The van der Waals surface area contributed by atoms with Gasteiger partial charge in [0.05, 0.1) is 0 Å². The van der Waals surface area contributed by atoms with Crippen molar-refractivity contribution >= 4 is 23.6 Å². The molecular formula is C17H24F3N3O2S. The van der Waals surface area contributed by atoms with E-state index < -0.39 is 12.1 Å². The largest absolute Gasteiger partial charge is 0.471 e. The normalized spacial score (nSPS) is 14.2. The van der Waals surface area contributed by atoms with Crippen molar-refractivity contribution in [3.63, 3.8) is 0 Å². The Balaban J connectivity index is 0.00000113. The van der Waals surface area contributed by atoms with Crippen molar-refractivity contribution in [3.05, 3.63) is 42.1 Å². The summed E-state index contributed by atoms with van der Waals surface area (Å²) < 4.78 is 41.5. The minimum Gasteiger partial charge on any atom is -0.333 e. The number of nitrogens with two attached hydrogens (primary N) is 1. The van der Waals surface area contributed by atoms with E-state index in [1.807, 2.05) is 11.8 Å². The van der Waals surface area contributed by atoms with Crippen LogP contribution in [0.4, 0.5) is 13.2 Å². The molecule has 1 heterocycles. The molecular weight excluding hydrogens is 367 g/mol. The van der Waals surface area contributed by atoms with Gasteiger partial charge in [-0.25, -0.2) is 0 Å². The second-order valence-corrected chi connectivity index (χ2v) is 6.19. The molecule has 1 saturated carbocycles. The molecule has 1 fully saturated rings. The third kappa shape index (κ3) is 9.57. The highest BCUT2D eigenvalue weighted by atomic mass is 32.2. The van der Waals surface area contributed by atoms with Crippen LogP contribution in [0.25, 0.3) is 5.57 Å². The maximum atomic E-state index is 12.4. The Morgan fingerprint density at radius 2 is 1.92 bits per heavy atom. The van der Waals surface area contributed by atoms with E-state index >= 15 is 0 Å². The summed E-state index contributed by atoms with van der Waals surface area (Å²) in [7, 11) is 1.50. The van der Waals surface area contributed by atoms with Crippen LogP contribution in [0.3, 0.4) is 0 Å². The van der Waals surface area contributed by atoms with Crippen LogP contribution in [0.5, 0.6) is 0 Å². The predicted octanol–water partition coefficient (Wildman–Crippen LogP) is 4.28. The predicted molar refractivity (Wildman–Crippen MR) is 98.6 cm³/mol. The third-order valence-electron chi connectivity index (χ3n) is 2.77. The summed E-state index contributed by atoms with van der Waals surface area (Å²) in [6.45, 7) is 7.06. The molecule has 2 rings (SSSR count). The summed E-state index contributed by atoms with van der Waals surface area (Å²) in [5.41, 5.74) is 5.87. The third-order valence-corrected chi connectivity index (χ3v) is 4.25. The second kappa shape index (κ2) is 12.5. The number of alkyl halides is 3. The van der Waals surface area contributed by atoms with Crippen molar-refractivity contribution in [3.8, 4) is 0 Å². The van der Waals surface area contributed by atoms with E-state index in [9.17, 15) is 13.2 Å². The first-order valence-electron chi connectivity index (χ1n) is 7.84. The van der Waals surface area contributed by atoms with Crippen molar-refractivity contribution in [2.24, 2.45) is 5.73 Å². The van der Waals surface area contributed by atoms with Gasteiger partial charge in [-0.1, -0.05) is 30.0 Å². The van der Waals surface area contributed by atoms with Crippen molar-refractivity contribution in [2.75, 3.05) is 12.8 Å². The van der Waals surface area contributed by atoms with Crippen molar-refractivity contribution in [2.45, 2.75) is 38.1 Å². The Morgan fingerprint density at radius 3 is 2.35 bits per heavy atom. The van der Waals surface area contributed by atoms with Crippen LogP contribution >= 0.6 is 11.8 Å². The molecule has 0 aliphatic heterocycles. The zero-order valence-corrected chi connectivity index (χ0v) is 15.9. The average Bonchev–Trinajstić information content (AvgIpc) is 3.29. The van der Waals surface area contributed by atoms with E-state index in [2.05, 4.69) is 27.0 Å². The first-order valence-corrected chi connectivity index (χ1v) is 8.89. The zero-order valence-electron chi connectivity index (χ0n) is 15.0. The van der Waals surface area contributed by atoms with Crippen LogP contribution in [0.1, 0.15) is 38.4 Å². The number of nitrogens with zero attached hydrogens (tertiary/aromatic N) is 2. The number of hydrogen-bond donors (Lipinski definition) is 1. The Labute approximate surface area is 155 Å². The van der Waals surface area contributed by atoms with Crippen molar-refractivity contribution < 1.29 is 22.5 Å². The highest BCUT2D eigenvalue weighted by molar-refractivity contribution is 8.00. The van der Waals surface area contributed by atoms with Crippen LogP contribution in [-0.4, -0.2) is 34.5 Å². The number of hydrogen-bond acceptors (Lipinski definition) is 6. The molecule has 0 saturated heterocycles. The van der Waals surface area contributed by atoms with E-state index in [1.54, 1.807) is 25.2 Å². The Kier molecular flexibility index (Phi) is 11.6. The van der Waals surface area contributed by atoms with Crippen molar-refractivity contribution in [1.29, 1.82) is 0 Å². The first-order chi connectivity index (χ1) is 12.3. The molecule has 0 atom stereocenters. The van der Waals surface area contributed by atoms with Crippen LogP contribution in [0.15, 0.2) is 34.9 Å². The van der Waals surface area contributed by atoms with Gasteiger partial charge >= 0.3 is 12.1 Å². The zero-order chi connectivity index (χ0) is 20.2. The SMILES string of the molecule is C=C(/C=C\C(=C/C)c1noc(C(F)(F)F)n1)CSC1CC1.CC=O.CN. The Hall–Kier alpha value is -1.87. The quantitative estimate of drug-likeness (QED) is 0.576. The maximum absolute atomic E-state index is 12.4. The van der Waals surface area contributed by atoms with Gasteiger partial charge in [0, 0.05) is 16.6 Å². The second-order valence-electron chi connectivity index (χ2n) is 4.90. The molecule has 0 unspecified atom stereocenters. The number of carbonyl (C=O) groups excluding carboxylic acids is 1. The van der Waals surface area contributed by atoms with Gasteiger partial charge in [0.2, 0.25) is 5.82 Å². The van der Waals surface area contributed by atoms with Crippen LogP contribution in [0, 0.1) is 0 Å². The molecule has 0 aromatic carbocycles. The van der Waals surface area contributed by atoms with E-state index in [4.69, 9.17) is 4.79 Å².